The molecule has 1 saturated carbocycles. The van der Waals surface area contributed by atoms with Crippen molar-refractivity contribution in [1.82, 2.24) is 10.6 Å². The van der Waals surface area contributed by atoms with E-state index in [0.29, 0.717) is 25.1 Å². The minimum atomic E-state index is -0.00781. The maximum atomic E-state index is 12.2. The predicted molar refractivity (Wildman–Crippen MR) is 87.0 cm³/mol. The largest absolute Gasteiger partial charge is 0.491 e. The third-order valence-corrected chi connectivity index (χ3v) is 4.93. The summed E-state index contributed by atoms with van der Waals surface area (Å²) in [6.45, 7) is 3.09. The second-order valence-electron chi connectivity index (χ2n) is 6.51. The van der Waals surface area contributed by atoms with Crippen LogP contribution >= 0.6 is 0 Å². The highest BCUT2D eigenvalue weighted by Crippen LogP contribution is 2.33. The van der Waals surface area contributed by atoms with Gasteiger partial charge in [0, 0.05) is 6.04 Å². The molecule has 4 heteroatoms. The lowest BCUT2D eigenvalue weighted by Crippen LogP contribution is -2.44. The van der Waals surface area contributed by atoms with E-state index in [1.807, 2.05) is 31.2 Å². The standard InChI is InChI=1S/C18H26N2O2/c1-13-6-2-5-9-17(13)22-11-10-19-18(21)16-12-14-7-3-4-8-15(14)20-16/h2,5-6,9,14-16,20H,3-4,7-8,10-12H2,1H3,(H,19,21). The summed E-state index contributed by atoms with van der Waals surface area (Å²) >= 11 is 0. The first-order valence-electron chi connectivity index (χ1n) is 8.46. The van der Waals surface area contributed by atoms with Gasteiger partial charge in [-0.1, -0.05) is 31.0 Å². The number of aryl methyl sites for hydroxylation is 1. The van der Waals surface area contributed by atoms with Crippen molar-refractivity contribution in [2.75, 3.05) is 13.2 Å². The Morgan fingerprint density at radius 3 is 2.95 bits per heavy atom. The van der Waals surface area contributed by atoms with E-state index >= 15 is 0 Å². The maximum absolute atomic E-state index is 12.2. The van der Waals surface area contributed by atoms with E-state index < -0.39 is 0 Å². The molecule has 1 saturated heterocycles. The molecule has 1 amide bonds. The van der Waals surface area contributed by atoms with Gasteiger partial charge in [-0.25, -0.2) is 0 Å². The first-order chi connectivity index (χ1) is 10.7. The Morgan fingerprint density at radius 2 is 2.14 bits per heavy atom. The number of para-hydroxylation sites is 1. The maximum Gasteiger partial charge on any atom is 0.237 e. The van der Waals surface area contributed by atoms with Crippen LogP contribution in [0, 0.1) is 12.8 Å². The van der Waals surface area contributed by atoms with Gasteiger partial charge in [0.15, 0.2) is 0 Å². The van der Waals surface area contributed by atoms with Gasteiger partial charge in [0.2, 0.25) is 5.91 Å². The van der Waals surface area contributed by atoms with Gasteiger partial charge in [-0.2, -0.15) is 0 Å². The lowest BCUT2D eigenvalue weighted by atomic mass is 9.85. The van der Waals surface area contributed by atoms with Gasteiger partial charge >= 0.3 is 0 Å². The van der Waals surface area contributed by atoms with Crippen LogP contribution in [0.4, 0.5) is 0 Å². The molecule has 3 atom stereocenters. The van der Waals surface area contributed by atoms with E-state index in [0.717, 1.165) is 17.7 Å². The number of hydrogen-bond donors (Lipinski definition) is 2. The summed E-state index contributed by atoms with van der Waals surface area (Å²) in [5, 5.41) is 6.51. The Bertz CT molecular complexity index is 504. The molecule has 0 radical (unpaired) electrons. The fourth-order valence-corrected chi connectivity index (χ4v) is 3.70. The number of ether oxygens (including phenoxy) is 1. The zero-order valence-corrected chi connectivity index (χ0v) is 13.3. The number of nitrogens with one attached hydrogen (secondary N) is 2. The summed E-state index contributed by atoms with van der Waals surface area (Å²) in [4.78, 5) is 12.2. The van der Waals surface area contributed by atoms with Crippen LogP contribution in [-0.2, 0) is 4.79 Å². The molecule has 4 nitrogen and oxygen atoms in total. The van der Waals surface area contributed by atoms with Crippen LogP contribution < -0.4 is 15.4 Å². The fraction of sp³-hybridized carbons (Fsp3) is 0.611. The van der Waals surface area contributed by atoms with Gasteiger partial charge < -0.3 is 15.4 Å². The second-order valence-corrected chi connectivity index (χ2v) is 6.51. The molecule has 1 aliphatic carbocycles. The van der Waals surface area contributed by atoms with E-state index in [1.165, 1.54) is 25.7 Å². The molecular weight excluding hydrogens is 276 g/mol. The molecule has 1 aliphatic heterocycles. The topological polar surface area (TPSA) is 50.4 Å². The Labute approximate surface area is 132 Å². The van der Waals surface area contributed by atoms with Crippen LogP contribution in [0.15, 0.2) is 24.3 Å². The number of benzene rings is 1. The Morgan fingerprint density at radius 1 is 1.32 bits per heavy atom. The SMILES string of the molecule is Cc1ccccc1OCCNC(=O)C1CC2CCCCC2N1. The van der Waals surface area contributed by atoms with Gasteiger partial charge in [0.1, 0.15) is 12.4 Å². The molecule has 120 valence electrons. The quantitative estimate of drug-likeness (QED) is 0.821. The first-order valence-corrected chi connectivity index (χ1v) is 8.46. The van der Waals surface area contributed by atoms with Crippen molar-refractivity contribution in [3.8, 4) is 5.75 Å². The highest BCUT2D eigenvalue weighted by molar-refractivity contribution is 5.82. The number of rotatable bonds is 5. The van der Waals surface area contributed by atoms with E-state index in [2.05, 4.69) is 10.6 Å². The highest BCUT2D eigenvalue weighted by atomic mass is 16.5. The zero-order chi connectivity index (χ0) is 15.4. The van der Waals surface area contributed by atoms with Crippen molar-refractivity contribution in [3.63, 3.8) is 0 Å². The highest BCUT2D eigenvalue weighted by Gasteiger charge is 2.37. The molecule has 0 bridgehead atoms. The van der Waals surface area contributed by atoms with E-state index in [4.69, 9.17) is 4.74 Å². The van der Waals surface area contributed by atoms with Crippen molar-refractivity contribution < 1.29 is 9.53 Å². The van der Waals surface area contributed by atoms with Gasteiger partial charge in [-0.05, 0) is 43.7 Å². The van der Waals surface area contributed by atoms with Crippen LogP contribution in [0.1, 0.15) is 37.7 Å². The molecule has 1 heterocycles. The van der Waals surface area contributed by atoms with Gasteiger partial charge in [0.05, 0.1) is 12.6 Å². The Kier molecular flexibility index (Phi) is 4.98. The van der Waals surface area contributed by atoms with Crippen LogP contribution in [-0.4, -0.2) is 31.1 Å². The number of fused-ring (bicyclic) bond motifs is 1. The smallest absolute Gasteiger partial charge is 0.237 e. The number of amides is 1. The van der Waals surface area contributed by atoms with Crippen LogP contribution in [0.5, 0.6) is 5.75 Å². The molecule has 1 aromatic carbocycles. The average Bonchev–Trinajstić information content (AvgIpc) is 2.97. The lowest BCUT2D eigenvalue weighted by molar-refractivity contribution is -0.123. The summed E-state index contributed by atoms with van der Waals surface area (Å²) in [5.41, 5.74) is 1.12. The van der Waals surface area contributed by atoms with E-state index in [1.54, 1.807) is 0 Å². The van der Waals surface area contributed by atoms with Crippen LogP contribution in [0.3, 0.4) is 0 Å². The van der Waals surface area contributed by atoms with Gasteiger partial charge in [-0.3, -0.25) is 4.79 Å². The third-order valence-electron chi connectivity index (χ3n) is 4.93. The molecule has 3 rings (SSSR count). The fourth-order valence-electron chi connectivity index (χ4n) is 3.70. The van der Waals surface area contributed by atoms with E-state index in [-0.39, 0.29) is 11.9 Å². The molecular formula is C18H26N2O2. The zero-order valence-electron chi connectivity index (χ0n) is 13.3. The van der Waals surface area contributed by atoms with Crippen molar-refractivity contribution in [2.45, 2.75) is 51.1 Å². The van der Waals surface area contributed by atoms with Crippen LogP contribution in [0.2, 0.25) is 0 Å². The number of carbonyl (C=O) groups is 1. The van der Waals surface area contributed by atoms with Crippen molar-refractivity contribution in [2.24, 2.45) is 5.92 Å². The summed E-state index contributed by atoms with van der Waals surface area (Å²) in [5.74, 6) is 1.72. The Balaban J connectivity index is 1.39. The molecule has 0 aromatic heterocycles. The van der Waals surface area contributed by atoms with Crippen LogP contribution in [0.25, 0.3) is 0 Å². The van der Waals surface area contributed by atoms with E-state index in [9.17, 15) is 4.79 Å². The minimum Gasteiger partial charge on any atom is -0.491 e. The molecule has 3 unspecified atom stereocenters. The molecule has 2 aliphatic rings. The molecule has 0 spiro atoms. The van der Waals surface area contributed by atoms with Crippen molar-refractivity contribution in [3.05, 3.63) is 29.8 Å². The molecule has 2 fully saturated rings. The summed E-state index contributed by atoms with van der Waals surface area (Å²) in [6.07, 6.45) is 6.12. The number of hydrogen-bond acceptors (Lipinski definition) is 3. The monoisotopic (exact) mass is 302 g/mol. The number of carbonyl (C=O) groups excluding carboxylic acids is 1. The second kappa shape index (κ2) is 7.14. The summed E-state index contributed by atoms with van der Waals surface area (Å²) in [7, 11) is 0. The minimum absolute atomic E-state index is 0.00781. The first kappa shape index (κ1) is 15.3. The molecule has 1 aromatic rings. The predicted octanol–water partition coefficient (Wildman–Crippen LogP) is 2.41. The van der Waals surface area contributed by atoms with Gasteiger partial charge in [-0.15, -0.1) is 0 Å². The normalized spacial score (nSPS) is 27.2. The molecule has 22 heavy (non-hydrogen) atoms. The third kappa shape index (κ3) is 3.61. The summed E-state index contributed by atoms with van der Waals surface area (Å²) in [6, 6.07) is 8.50. The molecule has 2 N–H and O–H groups in total. The van der Waals surface area contributed by atoms with Gasteiger partial charge in [0.25, 0.3) is 0 Å². The van der Waals surface area contributed by atoms with Crippen molar-refractivity contribution in [1.29, 1.82) is 0 Å². The van der Waals surface area contributed by atoms with Crippen molar-refractivity contribution >= 4 is 5.91 Å². The average molecular weight is 302 g/mol. The summed E-state index contributed by atoms with van der Waals surface area (Å²) < 4.78 is 5.71. The Hall–Kier alpha value is -1.55. The lowest BCUT2D eigenvalue weighted by Gasteiger charge is -2.24.